The molecule has 0 aliphatic rings. The van der Waals surface area contributed by atoms with Gasteiger partial charge >= 0.3 is 24.0 Å². The first kappa shape index (κ1) is 21.1. The van der Waals surface area contributed by atoms with Crippen molar-refractivity contribution < 1.29 is 40.9 Å². The number of rotatable bonds is 6. The minimum atomic E-state index is -4.24. The molecule has 0 saturated carbocycles. The Morgan fingerprint density at radius 2 is 1.68 bits per heavy atom. The van der Waals surface area contributed by atoms with Crippen LogP contribution in [0.25, 0.3) is 0 Å². The summed E-state index contributed by atoms with van der Waals surface area (Å²) in [6.45, 7) is -0.439. The third-order valence-electron chi connectivity index (χ3n) is 0.884. The van der Waals surface area contributed by atoms with Gasteiger partial charge in [0, 0.05) is 0 Å². The number of hydrogen-bond donors (Lipinski definition) is 5. The van der Waals surface area contributed by atoms with Gasteiger partial charge in [-0.3, -0.25) is 19.2 Å². The fraction of sp³-hybridized carbons (Fsp3) is 0.833. The number of carboxylic acid groups (broad SMARTS) is 1. The Bertz CT molecular complexity index is 422. The maximum atomic E-state index is 10.1. The molecule has 0 radical (unpaired) electrons. The van der Waals surface area contributed by atoms with Gasteiger partial charge in [0.15, 0.2) is 0 Å². The Kier molecular flexibility index (Phi) is 9.07. The summed E-state index contributed by atoms with van der Waals surface area (Å²) in [6, 6.07) is 0. The van der Waals surface area contributed by atoms with Crippen LogP contribution in [0.5, 0.6) is 0 Å². The Hall–Kier alpha value is -0.200. The third kappa shape index (κ3) is 27.1. The first-order valence-electron chi connectivity index (χ1n) is 4.46. The van der Waals surface area contributed by atoms with Crippen LogP contribution in [0.4, 0.5) is 0 Å². The summed E-state index contributed by atoms with van der Waals surface area (Å²) in [5, 5.41) is 10.1. The first-order chi connectivity index (χ1) is 8.12. The molecule has 10 nitrogen and oxygen atoms in total. The Morgan fingerprint density at radius 3 is 1.84 bits per heavy atom. The highest BCUT2D eigenvalue weighted by Gasteiger charge is 2.14. The normalized spacial score (nSPS) is 13.4. The van der Waals surface area contributed by atoms with Crippen LogP contribution in [-0.4, -0.2) is 65.4 Å². The first-order valence-corrected chi connectivity index (χ1v) is 10.4. The Balaban J connectivity index is 0. The molecule has 0 spiro atoms. The minimum Gasteiger partial charge on any atom is -0.480 e. The average molecular weight is 343 g/mol. The molecule has 0 aromatic rings. The van der Waals surface area contributed by atoms with E-state index in [2.05, 4.69) is 8.95 Å². The van der Waals surface area contributed by atoms with Crippen LogP contribution in [-0.2, 0) is 23.4 Å². The van der Waals surface area contributed by atoms with Gasteiger partial charge < -0.3 is 14.9 Å². The van der Waals surface area contributed by atoms with Crippen LogP contribution in [0, 0.1) is 0 Å². The molecule has 13 heteroatoms. The fourth-order valence-corrected chi connectivity index (χ4v) is 3.03. The van der Waals surface area contributed by atoms with E-state index in [1.807, 2.05) is 0 Å². The zero-order valence-corrected chi connectivity index (χ0v) is 13.0. The SMILES string of the molecule is CS(C)(C)OS(=O)(=O)O.O=C(O)CNCP(=O)(O)O. The quantitative estimate of drug-likeness (QED) is 0.304. The molecular weight excluding hydrogens is 325 g/mol. The molecule has 0 aliphatic carbocycles. The van der Waals surface area contributed by atoms with Crippen LogP contribution >= 0.6 is 17.9 Å². The molecule has 0 rings (SSSR count). The van der Waals surface area contributed by atoms with E-state index in [1.54, 1.807) is 18.8 Å². The lowest BCUT2D eigenvalue weighted by molar-refractivity contribution is -0.135. The summed E-state index contributed by atoms with van der Waals surface area (Å²) in [5.74, 6) is -1.14. The van der Waals surface area contributed by atoms with Crippen molar-refractivity contribution in [3.8, 4) is 0 Å². The van der Waals surface area contributed by atoms with E-state index in [1.165, 1.54) is 0 Å². The van der Waals surface area contributed by atoms with E-state index in [9.17, 15) is 17.8 Å². The van der Waals surface area contributed by atoms with Gasteiger partial charge in [0.05, 0.1) is 12.8 Å². The largest absolute Gasteiger partial charge is 0.480 e. The van der Waals surface area contributed by atoms with Gasteiger partial charge in [-0.25, -0.2) is 0 Å². The molecule has 0 amide bonds. The summed E-state index contributed by atoms with van der Waals surface area (Å²) in [4.78, 5) is 26.1. The molecule has 0 aliphatic heterocycles. The molecular formula is C6H18NO9PS2. The van der Waals surface area contributed by atoms with E-state index in [0.29, 0.717) is 0 Å². The standard InChI is InChI=1S/C3H8NO5P.C3H10O4S2/c5-3(6)1-4-2-10(7,8)9;1-8(2,3)7-9(4,5)6/h4H,1-2H2,(H,5,6)(H2,7,8,9);1-3H3,(H,4,5,6). The molecule has 5 N–H and O–H groups in total. The summed E-state index contributed by atoms with van der Waals surface area (Å²) >= 11 is 0. The molecule has 19 heavy (non-hydrogen) atoms. The highest BCUT2D eigenvalue weighted by atomic mass is 32.3. The Labute approximate surface area is 112 Å². The summed E-state index contributed by atoms with van der Waals surface area (Å²) in [7, 11) is -9.96. The average Bonchev–Trinajstić information content (AvgIpc) is 1.92. The zero-order chi connectivity index (χ0) is 15.9. The molecule has 0 aromatic heterocycles. The van der Waals surface area contributed by atoms with Gasteiger partial charge in [-0.05, 0) is 18.8 Å². The summed E-state index contributed by atoms with van der Waals surface area (Å²) in [5.41, 5.74) is 0. The predicted molar refractivity (Wildman–Crippen MR) is 70.5 cm³/mol. The van der Waals surface area contributed by atoms with Gasteiger partial charge in [-0.1, -0.05) is 0 Å². The van der Waals surface area contributed by atoms with E-state index in [4.69, 9.17) is 19.4 Å². The van der Waals surface area contributed by atoms with Gasteiger partial charge in [0.1, 0.15) is 0 Å². The smallest absolute Gasteiger partial charge is 0.406 e. The molecule has 118 valence electrons. The van der Waals surface area contributed by atoms with Gasteiger partial charge in [-0.15, -0.1) is 10.3 Å². The zero-order valence-electron chi connectivity index (χ0n) is 10.5. The lowest BCUT2D eigenvalue weighted by Gasteiger charge is -2.21. The second-order valence-corrected chi connectivity index (χ2v) is 10.4. The van der Waals surface area contributed by atoms with Crippen LogP contribution in [0.2, 0.25) is 0 Å². The van der Waals surface area contributed by atoms with Gasteiger partial charge in [-0.2, -0.15) is 12.0 Å². The predicted octanol–water partition coefficient (Wildman–Crippen LogP) is -0.789. The maximum absolute atomic E-state index is 10.1. The van der Waals surface area contributed by atoms with Gasteiger partial charge in [0.25, 0.3) is 0 Å². The maximum Gasteiger partial charge on any atom is 0.406 e. The molecule has 0 unspecified atom stereocenters. The number of hydrogen-bond acceptors (Lipinski definition) is 6. The Morgan fingerprint density at radius 1 is 1.26 bits per heavy atom. The van der Waals surface area contributed by atoms with E-state index in [-0.39, 0.29) is 0 Å². The van der Waals surface area contributed by atoms with Gasteiger partial charge in [0.2, 0.25) is 0 Å². The summed E-state index contributed by atoms with van der Waals surface area (Å²) in [6.07, 6.45) is 4.24. The number of carbonyl (C=O) groups is 1. The lowest BCUT2D eigenvalue weighted by atomic mass is 10.7. The van der Waals surface area contributed by atoms with Crippen molar-refractivity contribution in [1.82, 2.24) is 5.32 Å². The molecule has 0 heterocycles. The van der Waals surface area contributed by atoms with Crippen LogP contribution in [0.15, 0.2) is 0 Å². The van der Waals surface area contributed by atoms with E-state index >= 15 is 0 Å². The minimum absolute atomic E-state index is 0.439. The highest BCUT2D eigenvalue weighted by molar-refractivity contribution is 8.31. The fourth-order valence-electron chi connectivity index (χ4n) is 0.566. The van der Waals surface area contributed by atoms with Crippen molar-refractivity contribution in [3.05, 3.63) is 0 Å². The molecule has 0 atom stereocenters. The van der Waals surface area contributed by atoms with Crippen LogP contribution in [0.1, 0.15) is 0 Å². The number of nitrogens with one attached hydrogen (secondary N) is 1. The molecule has 0 bridgehead atoms. The van der Waals surface area contributed by atoms with Crippen molar-refractivity contribution in [2.75, 3.05) is 31.6 Å². The second kappa shape index (κ2) is 8.17. The van der Waals surface area contributed by atoms with Crippen molar-refractivity contribution in [3.63, 3.8) is 0 Å². The number of carboxylic acids is 1. The van der Waals surface area contributed by atoms with Crippen LogP contribution in [0.3, 0.4) is 0 Å². The number of aliphatic carboxylic acids is 1. The van der Waals surface area contributed by atoms with E-state index in [0.717, 1.165) is 0 Å². The summed E-state index contributed by atoms with van der Waals surface area (Å²) < 4.78 is 42.4. The van der Waals surface area contributed by atoms with Crippen molar-refractivity contribution in [2.24, 2.45) is 0 Å². The van der Waals surface area contributed by atoms with Crippen molar-refractivity contribution in [2.45, 2.75) is 0 Å². The van der Waals surface area contributed by atoms with Crippen LogP contribution < -0.4 is 5.32 Å². The second-order valence-electron chi connectivity index (χ2n) is 3.86. The topological polar surface area (TPSA) is 170 Å². The third-order valence-corrected chi connectivity index (χ3v) is 3.84. The monoisotopic (exact) mass is 343 g/mol. The lowest BCUT2D eigenvalue weighted by Crippen LogP contribution is -2.23. The van der Waals surface area contributed by atoms with Crippen molar-refractivity contribution >= 4 is 34.3 Å². The molecule has 0 aromatic carbocycles. The molecule has 0 saturated heterocycles. The molecule has 0 fully saturated rings. The highest BCUT2D eigenvalue weighted by Crippen LogP contribution is 2.37. The van der Waals surface area contributed by atoms with Crippen molar-refractivity contribution in [1.29, 1.82) is 0 Å². The van der Waals surface area contributed by atoms with E-state index < -0.39 is 47.1 Å².